The number of hydrogen-bond donors (Lipinski definition) is 1. The Morgan fingerprint density at radius 2 is 1.88 bits per heavy atom. The van der Waals surface area contributed by atoms with E-state index in [1.165, 1.54) is 28.4 Å². The van der Waals surface area contributed by atoms with E-state index in [4.69, 9.17) is 0 Å². The molecule has 0 amide bonds. The fourth-order valence-corrected chi connectivity index (χ4v) is 3.85. The predicted molar refractivity (Wildman–Crippen MR) is 90.3 cm³/mol. The van der Waals surface area contributed by atoms with Gasteiger partial charge in [0.05, 0.1) is 0 Å². The molecule has 0 fully saturated rings. The Morgan fingerprint density at radius 1 is 1.21 bits per heavy atom. The predicted octanol–water partition coefficient (Wildman–Crippen LogP) is 1.38. The highest BCUT2D eigenvalue weighted by Crippen LogP contribution is 2.18. The molecular weight excluding hydrogens is 328 g/mol. The molecule has 8 heteroatoms. The van der Waals surface area contributed by atoms with E-state index >= 15 is 0 Å². The zero-order valence-corrected chi connectivity index (χ0v) is 14.4. The zero-order chi connectivity index (χ0) is 17.5. The summed E-state index contributed by atoms with van der Waals surface area (Å²) in [6.45, 7) is 3.48. The molecule has 0 aliphatic heterocycles. The molecule has 0 spiro atoms. The molecule has 0 saturated heterocycles. The third-order valence-corrected chi connectivity index (χ3v) is 5.40. The summed E-state index contributed by atoms with van der Waals surface area (Å²) >= 11 is 0. The molecule has 0 unspecified atom stereocenters. The summed E-state index contributed by atoms with van der Waals surface area (Å²) in [6.07, 6.45) is 1.42. The molecular formula is C16H18N4O3S. The number of sulfonamides is 1. The number of aryl methyl sites for hydroxylation is 2. The molecule has 2 aromatic heterocycles. The van der Waals surface area contributed by atoms with Crippen LogP contribution in [0.5, 0.6) is 0 Å². The van der Waals surface area contributed by atoms with Crippen molar-refractivity contribution in [1.29, 1.82) is 0 Å². The number of hydrogen-bond acceptors (Lipinski definition) is 4. The normalized spacial score (nSPS) is 13.3. The highest BCUT2D eigenvalue weighted by atomic mass is 32.2. The number of nitrogens with zero attached hydrogens (tertiary/aromatic N) is 3. The van der Waals surface area contributed by atoms with Crippen LogP contribution in [-0.2, 0) is 17.1 Å². The Bertz CT molecular complexity index is 1050. The molecule has 1 N–H and O–H groups in total. The molecule has 24 heavy (non-hydrogen) atoms. The van der Waals surface area contributed by atoms with Crippen molar-refractivity contribution >= 4 is 15.5 Å². The largest absolute Gasteiger partial charge is 0.298 e. The van der Waals surface area contributed by atoms with E-state index in [0.29, 0.717) is 5.82 Å². The summed E-state index contributed by atoms with van der Waals surface area (Å²) in [7, 11) is -2.23. The van der Waals surface area contributed by atoms with Gasteiger partial charge in [-0.25, -0.2) is 17.8 Å². The van der Waals surface area contributed by atoms with Crippen LogP contribution in [0.2, 0.25) is 0 Å². The van der Waals surface area contributed by atoms with Gasteiger partial charge in [-0.1, -0.05) is 30.3 Å². The van der Waals surface area contributed by atoms with Gasteiger partial charge in [0.1, 0.15) is 16.2 Å². The summed E-state index contributed by atoms with van der Waals surface area (Å²) < 4.78 is 30.6. The van der Waals surface area contributed by atoms with E-state index in [-0.39, 0.29) is 22.0 Å². The maximum absolute atomic E-state index is 12.6. The van der Waals surface area contributed by atoms with Gasteiger partial charge >= 0.3 is 0 Å². The van der Waals surface area contributed by atoms with Crippen LogP contribution >= 0.6 is 0 Å². The number of aromatic nitrogens is 3. The first-order chi connectivity index (χ1) is 11.3. The van der Waals surface area contributed by atoms with Gasteiger partial charge in [-0.3, -0.25) is 9.20 Å². The smallest absolute Gasteiger partial charge is 0.290 e. The second kappa shape index (κ2) is 5.88. The minimum atomic E-state index is -3.76. The fraction of sp³-hybridized carbons (Fsp3) is 0.250. The standard InChI is InChI=1S/C16H18N4O3S/c1-11(13-7-5-4-6-8-13)18-24(22,23)14-9-15-16(21)19(3)17-12(2)20(15)10-14/h4-11,18H,1-3H3/t11-/m0/s1. The quantitative estimate of drug-likeness (QED) is 0.773. The van der Waals surface area contributed by atoms with E-state index in [2.05, 4.69) is 9.82 Å². The molecule has 3 rings (SSSR count). The summed E-state index contributed by atoms with van der Waals surface area (Å²) in [4.78, 5) is 12.2. The first-order valence-electron chi connectivity index (χ1n) is 7.43. The third kappa shape index (κ3) is 2.85. The minimum absolute atomic E-state index is 0.0403. The fourth-order valence-electron chi connectivity index (χ4n) is 2.60. The SMILES string of the molecule is Cc1nn(C)c(=O)c2cc(S(=O)(=O)N[C@@H](C)c3ccccc3)cn12. The summed E-state index contributed by atoms with van der Waals surface area (Å²) in [6, 6.07) is 10.3. The molecule has 0 aliphatic rings. The first-order valence-corrected chi connectivity index (χ1v) is 8.91. The lowest BCUT2D eigenvalue weighted by atomic mass is 10.1. The average molecular weight is 346 g/mol. The maximum atomic E-state index is 12.6. The summed E-state index contributed by atoms with van der Waals surface area (Å²) in [5, 5.41) is 4.06. The molecule has 1 aromatic carbocycles. The third-order valence-electron chi connectivity index (χ3n) is 3.89. The van der Waals surface area contributed by atoms with E-state index < -0.39 is 10.0 Å². The number of fused-ring (bicyclic) bond motifs is 1. The van der Waals surface area contributed by atoms with E-state index in [9.17, 15) is 13.2 Å². The van der Waals surface area contributed by atoms with Crippen LogP contribution < -0.4 is 10.3 Å². The van der Waals surface area contributed by atoms with Crippen LogP contribution in [0.15, 0.2) is 52.3 Å². The Hall–Kier alpha value is -2.45. The van der Waals surface area contributed by atoms with Gasteiger partial charge in [-0.2, -0.15) is 5.10 Å². The second-order valence-electron chi connectivity index (χ2n) is 5.66. The zero-order valence-electron chi connectivity index (χ0n) is 13.6. The highest BCUT2D eigenvalue weighted by molar-refractivity contribution is 7.89. The number of nitrogens with one attached hydrogen (secondary N) is 1. The lowest BCUT2D eigenvalue weighted by molar-refractivity contribution is 0.567. The van der Waals surface area contributed by atoms with Crippen LogP contribution in [0.4, 0.5) is 0 Å². The second-order valence-corrected chi connectivity index (χ2v) is 7.37. The van der Waals surface area contributed by atoms with Crippen LogP contribution in [-0.4, -0.2) is 22.6 Å². The van der Waals surface area contributed by atoms with Crippen molar-refractivity contribution in [2.75, 3.05) is 0 Å². The monoisotopic (exact) mass is 346 g/mol. The van der Waals surface area contributed by atoms with Crippen molar-refractivity contribution in [3.8, 4) is 0 Å². The van der Waals surface area contributed by atoms with Crippen molar-refractivity contribution in [2.45, 2.75) is 24.8 Å². The van der Waals surface area contributed by atoms with Crippen molar-refractivity contribution in [2.24, 2.45) is 7.05 Å². The van der Waals surface area contributed by atoms with Crippen molar-refractivity contribution < 1.29 is 8.42 Å². The van der Waals surface area contributed by atoms with Crippen LogP contribution in [0.25, 0.3) is 5.52 Å². The summed E-state index contributed by atoms with van der Waals surface area (Å²) in [5.41, 5.74) is 0.787. The maximum Gasteiger partial charge on any atom is 0.290 e. The summed E-state index contributed by atoms with van der Waals surface area (Å²) in [5.74, 6) is 0.532. The topological polar surface area (TPSA) is 85.5 Å². The average Bonchev–Trinajstić information content (AvgIpc) is 3.00. The van der Waals surface area contributed by atoms with Crippen molar-refractivity contribution in [3.63, 3.8) is 0 Å². The Kier molecular flexibility index (Phi) is 4.02. The molecule has 0 aliphatic carbocycles. The van der Waals surface area contributed by atoms with Crippen LogP contribution in [0.3, 0.4) is 0 Å². The molecule has 3 aromatic rings. The Morgan fingerprint density at radius 3 is 2.54 bits per heavy atom. The number of rotatable bonds is 4. The molecule has 7 nitrogen and oxygen atoms in total. The van der Waals surface area contributed by atoms with Crippen LogP contribution in [0, 0.1) is 6.92 Å². The molecule has 0 radical (unpaired) electrons. The lowest BCUT2D eigenvalue weighted by Crippen LogP contribution is -2.26. The first kappa shape index (κ1) is 16.4. The van der Waals surface area contributed by atoms with Crippen LogP contribution in [0.1, 0.15) is 24.4 Å². The van der Waals surface area contributed by atoms with E-state index in [1.54, 1.807) is 13.8 Å². The van der Waals surface area contributed by atoms with Gasteiger partial charge in [0.15, 0.2) is 0 Å². The van der Waals surface area contributed by atoms with E-state index in [1.807, 2.05) is 30.3 Å². The molecule has 0 bridgehead atoms. The molecule has 2 heterocycles. The molecule has 126 valence electrons. The lowest BCUT2D eigenvalue weighted by Gasteiger charge is -2.13. The van der Waals surface area contributed by atoms with E-state index in [0.717, 1.165) is 5.56 Å². The van der Waals surface area contributed by atoms with Crippen molar-refractivity contribution in [3.05, 3.63) is 64.3 Å². The molecule has 1 atom stereocenters. The van der Waals surface area contributed by atoms with Gasteiger partial charge < -0.3 is 0 Å². The van der Waals surface area contributed by atoms with Gasteiger partial charge in [0.2, 0.25) is 10.0 Å². The van der Waals surface area contributed by atoms with Gasteiger partial charge in [0, 0.05) is 19.3 Å². The highest BCUT2D eigenvalue weighted by Gasteiger charge is 2.21. The number of benzene rings is 1. The van der Waals surface area contributed by atoms with Gasteiger partial charge in [0.25, 0.3) is 5.56 Å². The Balaban J connectivity index is 2.01. The Labute approximate surface area is 139 Å². The van der Waals surface area contributed by atoms with Gasteiger partial charge in [-0.15, -0.1) is 0 Å². The minimum Gasteiger partial charge on any atom is -0.298 e. The van der Waals surface area contributed by atoms with Gasteiger partial charge in [-0.05, 0) is 25.5 Å². The van der Waals surface area contributed by atoms with Crippen molar-refractivity contribution in [1.82, 2.24) is 18.9 Å². The molecule has 0 saturated carbocycles.